The lowest BCUT2D eigenvalue weighted by atomic mass is 10.1. The van der Waals surface area contributed by atoms with Crippen molar-refractivity contribution in [3.63, 3.8) is 0 Å². The summed E-state index contributed by atoms with van der Waals surface area (Å²) in [4.78, 5) is 52.5. The van der Waals surface area contributed by atoms with Crippen LogP contribution in [0, 0.1) is 0 Å². The van der Waals surface area contributed by atoms with Crippen LogP contribution in [0.1, 0.15) is 104 Å². The summed E-state index contributed by atoms with van der Waals surface area (Å²) < 4.78 is 21.2. The zero-order valence-corrected chi connectivity index (χ0v) is 32.4. The van der Waals surface area contributed by atoms with Crippen molar-refractivity contribution in [1.29, 1.82) is 0 Å². The number of likely N-dealkylation sites (N-methyl/N-ethyl adjacent to an activating group) is 1. The van der Waals surface area contributed by atoms with Gasteiger partial charge in [0.2, 0.25) is 0 Å². The number of amides is 2. The Hall–Kier alpha value is -2.38. The molecular formula is C36H65N3O8S2. The molecule has 11 nitrogen and oxygen atoms in total. The van der Waals surface area contributed by atoms with Crippen molar-refractivity contribution < 1.29 is 38.1 Å². The SMILES string of the molecule is CCCCCC/C=C\COC(=O)CCCN(CCCC(=O)OC/C=C\CCCCCC)C(=O)OCCSSCCOC(=O)NCCN(C)C. The first kappa shape index (κ1) is 46.6. The number of esters is 2. The molecule has 0 aliphatic rings. The lowest BCUT2D eigenvalue weighted by molar-refractivity contribution is -0.143. The van der Waals surface area contributed by atoms with Gasteiger partial charge in [-0.25, -0.2) is 9.59 Å². The van der Waals surface area contributed by atoms with E-state index in [2.05, 4.69) is 19.2 Å². The molecule has 49 heavy (non-hydrogen) atoms. The van der Waals surface area contributed by atoms with Gasteiger partial charge in [0.25, 0.3) is 0 Å². The molecule has 2 amide bonds. The van der Waals surface area contributed by atoms with Crippen molar-refractivity contribution in [3.05, 3.63) is 24.3 Å². The minimum absolute atomic E-state index is 0.184. The summed E-state index contributed by atoms with van der Waals surface area (Å²) in [7, 11) is 6.92. The van der Waals surface area contributed by atoms with Gasteiger partial charge in [-0.2, -0.15) is 0 Å². The second-order valence-electron chi connectivity index (χ2n) is 11.8. The zero-order valence-electron chi connectivity index (χ0n) is 30.8. The molecule has 0 spiro atoms. The number of carbonyl (C=O) groups excluding carboxylic acids is 4. The highest BCUT2D eigenvalue weighted by Gasteiger charge is 2.16. The maximum Gasteiger partial charge on any atom is 0.409 e. The van der Waals surface area contributed by atoms with Gasteiger partial charge in [-0.05, 0) is 52.6 Å². The quantitative estimate of drug-likeness (QED) is 0.0240. The van der Waals surface area contributed by atoms with Crippen LogP contribution in [-0.2, 0) is 28.5 Å². The van der Waals surface area contributed by atoms with Crippen LogP contribution in [0.2, 0.25) is 0 Å². The fourth-order valence-corrected chi connectivity index (χ4v) is 5.93. The number of carbonyl (C=O) groups is 4. The lowest BCUT2D eigenvalue weighted by Crippen LogP contribution is -2.34. The van der Waals surface area contributed by atoms with Crippen LogP contribution in [0.25, 0.3) is 0 Å². The van der Waals surface area contributed by atoms with Crippen molar-refractivity contribution in [2.24, 2.45) is 0 Å². The fourth-order valence-electron chi connectivity index (χ4n) is 4.27. The number of nitrogens with zero attached hydrogens (tertiary/aromatic N) is 2. The van der Waals surface area contributed by atoms with Crippen LogP contribution in [0.4, 0.5) is 9.59 Å². The molecule has 0 aliphatic carbocycles. The van der Waals surface area contributed by atoms with E-state index in [1.807, 2.05) is 43.3 Å². The van der Waals surface area contributed by atoms with Crippen molar-refractivity contribution in [2.45, 2.75) is 104 Å². The second kappa shape index (κ2) is 35.4. The number of allylic oxidation sites excluding steroid dienone is 2. The van der Waals surface area contributed by atoms with E-state index in [4.69, 9.17) is 18.9 Å². The molecule has 0 aromatic rings. The molecule has 13 heteroatoms. The molecule has 1 N–H and O–H groups in total. The van der Waals surface area contributed by atoms with Crippen LogP contribution < -0.4 is 5.32 Å². The Morgan fingerprint density at radius 2 is 1.12 bits per heavy atom. The van der Waals surface area contributed by atoms with Crippen molar-refractivity contribution in [3.8, 4) is 0 Å². The van der Waals surface area contributed by atoms with E-state index in [1.165, 1.54) is 65.0 Å². The number of unbranched alkanes of at least 4 members (excludes halogenated alkanes) is 8. The molecule has 0 saturated heterocycles. The number of ether oxygens (including phenoxy) is 4. The van der Waals surface area contributed by atoms with E-state index in [1.54, 1.807) is 0 Å². The Labute approximate surface area is 304 Å². The third-order valence-electron chi connectivity index (χ3n) is 7.04. The van der Waals surface area contributed by atoms with Crippen LogP contribution in [0.5, 0.6) is 0 Å². The van der Waals surface area contributed by atoms with Gasteiger partial charge in [0, 0.05) is 50.5 Å². The van der Waals surface area contributed by atoms with E-state index >= 15 is 0 Å². The number of nitrogens with one attached hydrogen (secondary N) is 1. The first-order valence-electron chi connectivity index (χ1n) is 18.1. The van der Waals surface area contributed by atoms with E-state index in [-0.39, 0.29) is 51.2 Å². The average molecular weight is 732 g/mol. The summed E-state index contributed by atoms with van der Waals surface area (Å²) in [6, 6.07) is 0. The highest BCUT2D eigenvalue weighted by Crippen LogP contribution is 2.20. The molecule has 0 saturated carbocycles. The Morgan fingerprint density at radius 3 is 1.61 bits per heavy atom. The summed E-state index contributed by atoms with van der Waals surface area (Å²) in [6.07, 6.45) is 19.7. The normalized spacial score (nSPS) is 11.3. The molecule has 0 unspecified atom stereocenters. The number of alkyl carbamates (subject to hydrolysis) is 1. The molecule has 0 rings (SSSR count). The summed E-state index contributed by atoms with van der Waals surface area (Å²) in [5.41, 5.74) is 0. The molecule has 0 radical (unpaired) electrons. The molecule has 0 aromatic heterocycles. The number of hydrogen-bond donors (Lipinski definition) is 1. The minimum atomic E-state index is -0.484. The maximum absolute atomic E-state index is 12.9. The molecule has 284 valence electrons. The smallest absolute Gasteiger partial charge is 0.409 e. The highest BCUT2D eigenvalue weighted by molar-refractivity contribution is 8.76. The first-order chi connectivity index (χ1) is 23.8. The average Bonchev–Trinajstić information content (AvgIpc) is 3.07. The summed E-state index contributed by atoms with van der Waals surface area (Å²) >= 11 is 0. The Kier molecular flexibility index (Phi) is 33.7. The molecule has 0 aromatic carbocycles. The van der Waals surface area contributed by atoms with Gasteiger partial charge in [0.15, 0.2) is 0 Å². The standard InChI is InChI=1S/C36H65N3O8S2/c1-5-7-9-11-13-15-17-27-44-33(40)21-19-24-39(25-20-22-34(41)45-28-18-16-14-12-10-8-6-2)36(43)47-30-32-49-48-31-29-46-35(42)37-23-26-38(3)4/h15-18H,5-14,19-32H2,1-4H3,(H,37,42)/b17-15-,18-16-. The van der Waals surface area contributed by atoms with Crippen LogP contribution >= 0.6 is 21.6 Å². The molecule has 0 aliphatic heterocycles. The molecule has 0 fully saturated rings. The van der Waals surface area contributed by atoms with Gasteiger partial charge in [-0.1, -0.05) is 98.3 Å². The summed E-state index contributed by atoms with van der Waals surface area (Å²) in [5.74, 6) is 0.557. The van der Waals surface area contributed by atoms with Gasteiger partial charge >= 0.3 is 24.1 Å². The van der Waals surface area contributed by atoms with Crippen LogP contribution in [0.3, 0.4) is 0 Å². The Morgan fingerprint density at radius 1 is 0.612 bits per heavy atom. The van der Waals surface area contributed by atoms with Gasteiger partial charge < -0.3 is 34.1 Å². The van der Waals surface area contributed by atoms with E-state index in [0.29, 0.717) is 44.0 Å². The molecule has 0 atom stereocenters. The Balaban J connectivity index is 4.47. The minimum Gasteiger partial charge on any atom is -0.461 e. The van der Waals surface area contributed by atoms with Crippen LogP contribution in [-0.4, -0.2) is 112 Å². The zero-order chi connectivity index (χ0) is 36.2. The van der Waals surface area contributed by atoms with Gasteiger partial charge in [-0.15, -0.1) is 0 Å². The second-order valence-corrected chi connectivity index (χ2v) is 14.5. The predicted octanol–water partition coefficient (Wildman–Crippen LogP) is 7.79. The third kappa shape index (κ3) is 33.9. The first-order valence-corrected chi connectivity index (χ1v) is 20.6. The lowest BCUT2D eigenvalue weighted by Gasteiger charge is -2.22. The topological polar surface area (TPSA) is 124 Å². The summed E-state index contributed by atoms with van der Waals surface area (Å²) in [5, 5.41) is 2.69. The Bertz CT molecular complexity index is 862. The van der Waals surface area contributed by atoms with Gasteiger partial charge in [0.05, 0.1) is 0 Å². The molecule has 0 bridgehead atoms. The number of rotatable bonds is 32. The van der Waals surface area contributed by atoms with E-state index in [0.717, 1.165) is 32.2 Å². The molecular weight excluding hydrogens is 667 g/mol. The van der Waals surface area contributed by atoms with Crippen molar-refractivity contribution in [2.75, 3.05) is 78.2 Å². The third-order valence-corrected chi connectivity index (χ3v) is 9.38. The molecule has 0 heterocycles. The van der Waals surface area contributed by atoms with E-state index in [9.17, 15) is 19.2 Å². The largest absolute Gasteiger partial charge is 0.461 e. The monoisotopic (exact) mass is 731 g/mol. The van der Waals surface area contributed by atoms with Crippen LogP contribution in [0.15, 0.2) is 24.3 Å². The number of hydrogen-bond acceptors (Lipinski definition) is 11. The predicted molar refractivity (Wildman–Crippen MR) is 202 cm³/mol. The van der Waals surface area contributed by atoms with Crippen molar-refractivity contribution >= 4 is 45.7 Å². The highest BCUT2D eigenvalue weighted by atomic mass is 33.1. The summed E-state index contributed by atoms with van der Waals surface area (Å²) in [6.45, 7) is 7.25. The maximum atomic E-state index is 12.9. The van der Waals surface area contributed by atoms with Crippen molar-refractivity contribution in [1.82, 2.24) is 15.1 Å². The van der Waals surface area contributed by atoms with Gasteiger partial charge in [0.1, 0.15) is 26.4 Å². The van der Waals surface area contributed by atoms with Gasteiger partial charge in [-0.3, -0.25) is 9.59 Å². The fraction of sp³-hybridized carbons (Fsp3) is 0.778. The van der Waals surface area contributed by atoms with E-state index < -0.39 is 12.2 Å².